The number of fused-ring (bicyclic) bond motifs is 1. The van der Waals surface area contributed by atoms with E-state index < -0.39 is 29.9 Å². The number of primary amides is 1. The Labute approximate surface area is 224 Å². The van der Waals surface area contributed by atoms with Crippen LogP contribution in [0.15, 0.2) is 60.8 Å². The molecule has 3 aromatic rings. The van der Waals surface area contributed by atoms with Crippen LogP contribution in [0.3, 0.4) is 0 Å². The van der Waals surface area contributed by atoms with E-state index in [1.165, 1.54) is 24.4 Å². The van der Waals surface area contributed by atoms with Crippen LogP contribution in [0.5, 0.6) is 0 Å². The van der Waals surface area contributed by atoms with Crippen molar-refractivity contribution in [3.8, 4) is 0 Å². The number of halogens is 1. The number of rotatable bonds is 6. The Morgan fingerprint density at radius 3 is 2.33 bits per heavy atom. The van der Waals surface area contributed by atoms with Crippen LogP contribution in [-0.2, 0) is 4.79 Å². The van der Waals surface area contributed by atoms with Crippen molar-refractivity contribution in [2.75, 3.05) is 48.8 Å². The molecule has 2 unspecified atom stereocenters. The molecule has 0 saturated carbocycles. The van der Waals surface area contributed by atoms with Gasteiger partial charge in [0.05, 0.1) is 11.3 Å². The molecule has 2 aromatic carbocycles. The zero-order chi connectivity index (χ0) is 27.7. The number of urea groups is 1. The highest BCUT2D eigenvalue weighted by Crippen LogP contribution is 2.47. The number of amides is 3. The SMILES string of the molecule is CN1CCN(C(=O)Nc2ccc(C(C(N)=O)N3c4c(C(=O)O)ccnc4NC3c3ccc(F)cc3)cc2)CC1. The van der Waals surface area contributed by atoms with Crippen molar-refractivity contribution >= 4 is 35.1 Å². The van der Waals surface area contributed by atoms with Crippen molar-refractivity contribution < 1.29 is 23.9 Å². The topological polar surface area (TPSA) is 144 Å². The van der Waals surface area contributed by atoms with Crippen molar-refractivity contribution in [2.45, 2.75) is 12.2 Å². The molecule has 0 spiro atoms. The Balaban J connectivity index is 1.48. The molecule has 3 heterocycles. The molecule has 1 aromatic heterocycles. The number of carbonyl (C=O) groups is 3. The molecule has 39 heavy (non-hydrogen) atoms. The van der Waals surface area contributed by atoms with Gasteiger partial charge in [-0.1, -0.05) is 24.3 Å². The zero-order valence-corrected chi connectivity index (χ0v) is 21.2. The maximum absolute atomic E-state index is 13.7. The lowest BCUT2D eigenvalue weighted by Gasteiger charge is -2.34. The first-order valence-electron chi connectivity index (χ1n) is 12.4. The summed E-state index contributed by atoms with van der Waals surface area (Å²) in [6, 6.07) is 12.3. The van der Waals surface area contributed by atoms with E-state index in [4.69, 9.17) is 5.73 Å². The Hall–Kier alpha value is -4.71. The second-order valence-corrected chi connectivity index (χ2v) is 9.51. The number of piperazine rings is 1. The number of carboxylic acids is 1. The molecule has 2 aliphatic heterocycles. The van der Waals surface area contributed by atoms with E-state index in [0.29, 0.717) is 29.9 Å². The molecule has 2 atom stereocenters. The average molecular weight is 534 g/mol. The smallest absolute Gasteiger partial charge is 0.338 e. The highest BCUT2D eigenvalue weighted by Gasteiger charge is 2.41. The molecular formula is C27H28FN7O4. The summed E-state index contributed by atoms with van der Waals surface area (Å²) in [4.78, 5) is 47.5. The number of carboxylic acid groups (broad SMARTS) is 1. The van der Waals surface area contributed by atoms with Gasteiger partial charge in [-0.15, -0.1) is 0 Å². The third kappa shape index (κ3) is 5.18. The fourth-order valence-electron chi connectivity index (χ4n) is 4.91. The molecule has 11 nitrogen and oxygen atoms in total. The first-order chi connectivity index (χ1) is 18.7. The van der Waals surface area contributed by atoms with E-state index in [9.17, 15) is 23.9 Å². The summed E-state index contributed by atoms with van der Waals surface area (Å²) >= 11 is 0. The number of carbonyl (C=O) groups excluding carboxylic acids is 2. The van der Waals surface area contributed by atoms with Crippen molar-refractivity contribution in [2.24, 2.45) is 5.73 Å². The minimum atomic E-state index is -1.20. The van der Waals surface area contributed by atoms with Crippen molar-refractivity contribution in [3.63, 3.8) is 0 Å². The normalized spacial score (nSPS) is 17.7. The van der Waals surface area contributed by atoms with Gasteiger partial charge in [0.1, 0.15) is 18.0 Å². The molecule has 0 bridgehead atoms. The Bertz CT molecular complexity index is 1390. The number of nitrogens with one attached hydrogen (secondary N) is 2. The summed E-state index contributed by atoms with van der Waals surface area (Å²) in [6.45, 7) is 2.83. The lowest BCUT2D eigenvalue weighted by molar-refractivity contribution is -0.119. The van der Waals surface area contributed by atoms with Gasteiger partial charge < -0.3 is 36.2 Å². The molecule has 12 heteroatoms. The van der Waals surface area contributed by atoms with E-state index >= 15 is 0 Å². The number of aromatic nitrogens is 1. The van der Waals surface area contributed by atoms with E-state index in [1.807, 2.05) is 7.05 Å². The summed E-state index contributed by atoms with van der Waals surface area (Å²) in [6.07, 6.45) is 0.597. The van der Waals surface area contributed by atoms with Crippen LogP contribution in [0.1, 0.15) is 33.7 Å². The van der Waals surface area contributed by atoms with Gasteiger partial charge >= 0.3 is 12.0 Å². The number of anilines is 3. The highest BCUT2D eigenvalue weighted by molar-refractivity contribution is 6.01. The Morgan fingerprint density at radius 2 is 1.72 bits per heavy atom. The molecule has 0 radical (unpaired) electrons. The van der Waals surface area contributed by atoms with Crippen LogP contribution in [0.4, 0.5) is 26.4 Å². The molecule has 3 amide bonds. The first kappa shape index (κ1) is 25.9. The quantitative estimate of drug-likeness (QED) is 0.379. The van der Waals surface area contributed by atoms with Gasteiger partial charge in [0, 0.05) is 38.1 Å². The summed E-state index contributed by atoms with van der Waals surface area (Å²) in [5, 5.41) is 15.9. The number of pyridine rings is 1. The maximum Gasteiger partial charge on any atom is 0.338 e. The standard InChI is InChI=1S/C27H28FN7O4/c1-33-12-14-34(15-13-33)27(39)31-19-8-4-16(5-9-19)21(23(29)36)35-22-20(26(37)38)10-11-30-24(22)32-25(35)17-2-6-18(28)7-3-17/h2-11,21,25H,12-15H2,1H3,(H2,29,36)(H,30,32)(H,31,39)(H,37,38). The fourth-order valence-corrected chi connectivity index (χ4v) is 4.91. The maximum atomic E-state index is 13.7. The summed E-state index contributed by atoms with van der Waals surface area (Å²) in [5.41, 5.74) is 7.61. The third-order valence-electron chi connectivity index (χ3n) is 6.97. The largest absolute Gasteiger partial charge is 0.478 e. The van der Waals surface area contributed by atoms with Gasteiger partial charge in [0.2, 0.25) is 5.91 Å². The number of nitrogens with zero attached hydrogens (tertiary/aromatic N) is 4. The average Bonchev–Trinajstić information content (AvgIpc) is 3.29. The summed E-state index contributed by atoms with van der Waals surface area (Å²) < 4.78 is 13.7. The molecule has 2 aliphatic rings. The minimum Gasteiger partial charge on any atom is -0.478 e. The summed E-state index contributed by atoms with van der Waals surface area (Å²) in [7, 11) is 2.01. The van der Waals surface area contributed by atoms with Gasteiger partial charge in [0.25, 0.3) is 0 Å². The van der Waals surface area contributed by atoms with Crippen LogP contribution in [0.2, 0.25) is 0 Å². The molecular weight excluding hydrogens is 505 g/mol. The molecule has 5 N–H and O–H groups in total. The van der Waals surface area contributed by atoms with Gasteiger partial charge in [0.15, 0.2) is 5.82 Å². The van der Waals surface area contributed by atoms with Gasteiger partial charge in [-0.3, -0.25) is 4.79 Å². The third-order valence-corrected chi connectivity index (χ3v) is 6.97. The second kappa shape index (κ2) is 10.6. The predicted octanol–water partition coefficient (Wildman–Crippen LogP) is 2.86. The molecule has 1 fully saturated rings. The number of likely N-dealkylation sites (N-methyl/N-ethyl adjacent to an activating group) is 1. The monoisotopic (exact) mass is 533 g/mol. The van der Waals surface area contributed by atoms with Crippen LogP contribution in [-0.4, -0.2) is 71.0 Å². The van der Waals surface area contributed by atoms with Crippen LogP contribution < -0.4 is 21.3 Å². The van der Waals surface area contributed by atoms with E-state index in [-0.39, 0.29) is 23.1 Å². The number of hydrogen-bond acceptors (Lipinski definition) is 7. The fraction of sp³-hybridized carbons (Fsp3) is 0.259. The van der Waals surface area contributed by atoms with Gasteiger partial charge in [-0.25, -0.2) is 19.0 Å². The number of hydrogen-bond donors (Lipinski definition) is 4. The molecule has 5 rings (SSSR count). The zero-order valence-electron chi connectivity index (χ0n) is 21.2. The van der Waals surface area contributed by atoms with E-state index in [0.717, 1.165) is 13.1 Å². The van der Waals surface area contributed by atoms with Crippen molar-refractivity contribution in [1.82, 2.24) is 14.8 Å². The second-order valence-electron chi connectivity index (χ2n) is 9.51. The van der Waals surface area contributed by atoms with Gasteiger partial charge in [-0.05, 0) is 48.5 Å². The highest BCUT2D eigenvalue weighted by atomic mass is 19.1. The molecule has 0 aliphatic carbocycles. The van der Waals surface area contributed by atoms with E-state index in [1.54, 1.807) is 46.2 Å². The number of benzene rings is 2. The van der Waals surface area contributed by atoms with Crippen molar-refractivity contribution in [3.05, 3.63) is 83.3 Å². The predicted molar refractivity (Wildman–Crippen MR) is 143 cm³/mol. The number of aromatic carboxylic acids is 1. The van der Waals surface area contributed by atoms with Crippen LogP contribution >= 0.6 is 0 Å². The van der Waals surface area contributed by atoms with Gasteiger partial charge in [-0.2, -0.15) is 0 Å². The first-order valence-corrected chi connectivity index (χ1v) is 12.4. The number of nitrogens with two attached hydrogens (primary N) is 1. The van der Waals surface area contributed by atoms with Crippen molar-refractivity contribution in [1.29, 1.82) is 0 Å². The molecule has 202 valence electrons. The summed E-state index contributed by atoms with van der Waals surface area (Å²) in [5.74, 6) is -2.12. The Kier molecular flexibility index (Phi) is 7.03. The lowest BCUT2D eigenvalue weighted by atomic mass is 10.0. The van der Waals surface area contributed by atoms with Crippen LogP contribution in [0.25, 0.3) is 0 Å². The Morgan fingerprint density at radius 1 is 1.05 bits per heavy atom. The minimum absolute atomic E-state index is 0.0700. The van der Waals surface area contributed by atoms with E-state index in [2.05, 4.69) is 20.5 Å². The molecule has 1 saturated heterocycles. The lowest BCUT2D eigenvalue weighted by Crippen LogP contribution is -2.48. The van der Waals surface area contributed by atoms with Crippen LogP contribution in [0, 0.1) is 5.82 Å².